The van der Waals surface area contributed by atoms with Crippen LogP contribution in [0, 0.1) is 0 Å². The fraction of sp³-hybridized carbons (Fsp3) is 0.500. The first-order valence-corrected chi connectivity index (χ1v) is 5.81. The van der Waals surface area contributed by atoms with Crippen LogP contribution in [0.5, 0.6) is 0 Å². The van der Waals surface area contributed by atoms with Crippen LogP contribution in [-0.2, 0) is 4.74 Å². The van der Waals surface area contributed by atoms with Gasteiger partial charge in [-0.3, -0.25) is 9.78 Å². The molecule has 1 saturated heterocycles. The predicted molar refractivity (Wildman–Crippen MR) is 63.6 cm³/mol. The van der Waals surface area contributed by atoms with Crippen molar-refractivity contribution in [2.45, 2.75) is 12.5 Å². The van der Waals surface area contributed by atoms with Gasteiger partial charge in [-0.1, -0.05) is 0 Å². The van der Waals surface area contributed by atoms with Crippen molar-refractivity contribution in [1.29, 1.82) is 0 Å². The van der Waals surface area contributed by atoms with E-state index in [1.165, 1.54) is 0 Å². The molecule has 0 bridgehead atoms. The molecule has 17 heavy (non-hydrogen) atoms. The van der Waals surface area contributed by atoms with Crippen molar-refractivity contribution in [3.8, 4) is 0 Å². The van der Waals surface area contributed by atoms with Gasteiger partial charge in [-0.15, -0.1) is 0 Å². The van der Waals surface area contributed by atoms with Crippen molar-refractivity contribution in [3.05, 3.63) is 30.1 Å². The molecule has 0 radical (unpaired) electrons. The lowest BCUT2D eigenvalue weighted by molar-refractivity contribution is -0.00346. The number of hydrogen-bond donors (Lipinski definition) is 1. The topological polar surface area (TPSA) is 68.5 Å². The number of carbonyl (C=O) groups excluding carboxylic acids is 1. The normalized spacial score (nSPS) is 20.3. The molecule has 1 aliphatic rings. The molecule has 0 saturated carbocycles. The number of aromatic nitrogens is 1. The summed E-state index contributed by atoms with van der Waals surface area (Å²) >= 11 is 0. The fourth-order valence-corrected chi connectivity index (χ4v) is 2.01. The monoisotopic (exact) mass is 235 g/mol. The first-order valence-electron chi connectivity index (χ1n) is 5.81. The number of morpholine rings is 1. The van der Waals surface area contributed by atoms with E-state index in [4.69, 9.17) is 10.5 Å². The zero-order valence-electron chi connectivity index (χ0n) is 9.71. The summed E-state index contributed by atoms with van der Waals surface area (Å²) in [6.45, 7) is 2.35. The van der Waals surface area contributed by atoms with Gasteiger partial charge in [0.15, 0.2) is 0 Å². The van der Waals surface area contributed by atoms with Crippen LogP contribution in [0.1, 0.15) is 16.8 Å². The standard InChI is InChI=1S/C12H17N3O2/c13-4-3-11-9-17-7-6-15(11)12(16)10-2-1-5-14-8-10/h1-2,5,8,11H,3-4,6-7,9,13H2. The van der Waals surface area contributed by atoms with E-state index in [9.17, 15) is 4.79 Å². The zero-order chi connectivity index (χ0) is 12.1. The Kier molecular flexibility index (Phi) is 4.06. The zero-order valence-corrected chi connectivity index (χ0v) is 9.71. The first kappa shape index (κ1) is 12.0. The SMILES string of the molecule is NCCC1COCCN1C(=O)c1cccnc1. The molecule has 1 amide bonds. The Labute approximate surface area is 101 Å². The molecule has 0 spiro atoms. The van der Waals surface area contributed by atoms with E-state index in [-0.39, 0.29) is 11.9 Å². The molecule has 5 nitrogen and oxygen atoms in total. The van der Waals surface area contributed by atoms with Crippen LogP contribution in [0.25, 0.3) is 0 Å². The van der Waals surface area contributed by atoms with Crippen molar-refractivity contribution < 1.29 is 9.53 Å². The molecule has 0 aliphatic carbocycles. The Balaban J connectivity index is 2.11. The molecule has 1 aromatic rings. The van der Waals surface area contributed by atoms with Gasteiger partial charge in [-0.05, 0) is 25.1 Å². The number of nitrogens with zero attached hydrogens (tertiary/aromatic N) is 2. The lowest BCUT2D eigenvalue weighted by Gasteiger charge is -2.35. The molecule has 92 valence electrons. The molecule has 1 aliphatic heterocycles. The lowest BCUT2D eigenvalue weighted by atomic mass is 10.1. The van der Waals surface area contributed by atoms with Crippen LogP contribution >= 0.6 is 0 Å². The van der Waals surface area contributed by atoms with E-state index in [1.807, 2.05) is 4.90 Å². The van der Waals surface area contributed by atoms with Gasteiger partial charge in [0.1, 0.15) is 0 Å². The molecule has 1 atom stereocenters. The highest BCUT2D eigenvalue weighted by Crippen LogP contribution is 2.13. The summed E-state index contributed by atoms with van der Waals surface area (Å²) in [5.74, 6) is 0.0138. The maximum absolute atomic E-state index is 12.3. The molecule has 2 heterocycles. The third kappa shape index (κ3) is 2.81. The number of hydrogen-bond acceptors (Lipinski definition) is 4. The largest absolute Gasteiger partial charge is 0.377 e. The van der Waals surface area contributed by atoms with Crippen molar-refractivity contribution >= 4 is 5.91 Å². The Morgan fingerprint density at radius 1 is 1.65 bits per heavy atom. The smallest absolute Gasteiger partial charge is 0.255 e. The highest BCUT2D eigenvalue weighted by molar-refractivity contribution is 5.94. The van der Waals surface area contributed by atoms with E-state index in [2.05, 4.69) is 4.98 Å². The third-order valence-electron chi connectivity index (χ3n) is 2.90. The molecule has 2 N–H and O–H groups in total. The maximum Gasteiger partial charge on any atom is 0.255 e. The van der Waals surface area contributed by atoms with Crippen molar-refractivity contribution in [1.82, 2.24) is 9.88 Å². The van der Waals surface area contributed by atoms with Crippen molar-refractivity contribution in [2.24, 2.45) is 5.73 Å². The lowest BCUT2D eigenvalue weighted by Crippen LogP contribution is -2.49. The average molecular weight is 235 g/mol. The minimum absolute atomic E-state index is 0.0138. The van der Waals surface area contributed by atoms with Crippen LogP contribution in [0.4, 0.5) is 0 Å². The summed E-state index contributed by atoms with van der Waals surface area (Å²) in [5, 5.41) is 0. The van der Waals surface area contributed by atoms with Crippen molar-refractivity contribution in [3.63, 3.8) is 0 Å². The van der Waals surface area contributed by atoms with E-state index in [1.54, 1.807) is 24.5 Å². The van der Waals surface area contributed by atoms with E-state index < -0.39 is 0 Å². The fourth-order valence-electron chi connectivity index (χ4n) is 2.01. The van der Waals surface area contributed by atoms with E-state index >= 15 is 0 Å². The highest BCUT2D eigenvalue weighted by Gasteiger charge is 2.27. The van der Waals surface area contributed by atoms with E-state index in [0.29, 0.717) is 31.9 Å². The van der Waals surface area contributed by atoms with Gasteiger partial charge in [0.25, 0.3) is 5.91 Å². The van der Waals surface area contributed by atoms with Crippen LogP contribution in [0.3, 0.4) is 0 Å². The van der Waals surface area contributed by atoms with Crippen LogP contribution < -0.4 is 5.73 Å². The molecule has 5 heteroatoms. The van der Waals surface area contributed by atoms with Gasteiger partial charge in [-0.25, -0.2) is 0 Å². The van der Waals surface area contributed by atoms with Crippen LogP contribution in [0.15, 0.2) is 24.5 Å². The summed E-state index contributed by atoms with van der Waals surface area (Å²) in [7, 11) is 0. The van der Waals surface area contributed by atoms with Gasteiger partial charge in [0, 0.05) is 18.9 Å². The molecule has 2 rings (SSSR count). The molecule has 1 fully saturated rings. The van der Waals surface area contributed by atoms with Gasteiger partial charge in [0.05, 0.1) is 24.8 Å². The number of pyridine rings is 1. The summed E-state index contributed by atoms with van der Waals surface area (Å²) in [5.41, 5.74) is 6.18. The summed E-state index contributed by atoms with van der Waals surface area (Å²) < 4.78 is 5.39. The highest BCUT2D eigenvalue weighted by atomic mass is 16.5. The Hall–Kier alpha value is -1.46. The first-order chi connectivity index (χ1) is 8.33. The molecular weight excluding hydrogens is 218 g/mol. The predicted octanol–water partition coefficient (Wildman–Crippen LogP) is 0.271. The second kappa shape index (κ2) is 5.75. The molecule has 1 unspecified atom stereocenters. The number of amides is 1. The Bertz CT molecular complexity index is 367. The Morgan fingerprint density at radius 2 is 2.53 bits per heavy atom. The number of ether oxygens (including phenoxy) is 1. The molecular formula is C12H17N3O2. The van der Waals surface area contributed by atoms with Gasteiger partial charge >= 0.3 is 0 Å². The minimum atomic E-state index is 0.0138. The third-order valence-corrected chi connectivity index (χ3v) is 2.90. The number of nitrogens with two attached hydrogens (primary N) is 1. The van der Waals surface area contributed by atoms with Gasteiger partial charge in [-0.2, -0.15) is 0 Å². The second-order valence-corrected chi connectivity index (χ2v) is 4.05. The quantitative estimate of drug-likeness (QED) is 0.816. The molecule has 0 aromatic carbocycles. The Morgan fingerprint density at radius 3 is 3.24 bits per heavy atom. The summed E-state index contributed by atoms with van der Waals surface area (Å²) in [4.78, 5) is 18.1. The van der Waals surface area contributed by atoms with Gasteiger partial charge in [0.2, 0.25) is 0 Å². The van der Waals surface area contributed by atoms with E-state index in [0.717, 1.165) is 6.42 Å². The maximum atomic E-state index is 12.3. The molecule has 1 aromatic heterocycles. The van der Waals surface area contributed by atoms with Crippen LogP contribution in [0.2, 0.25) is 0 Å². The van der Waals surface area contributed by atoms with Crippen LogP contribution in [-0.4, -0.2) is 48.1 Å². The number of rotatable bonds is 3. The average Bonchev–Trinajstić information content (AvgIpc) is 2.40. The van der Waals surface area contributed by atoms with Crippen molar-refractivity contribution in [2.75, 3.05) is 26.3 Å². The van der Waals surface area contributed by atoms with Gasteiger partial charge < -0.3 is 15.4 Å². The summed E-state index contributed by atoms with van der Waals surface area (Å²) in [6, 6.07) is 3.64. The minimum Gasteiger partial charge on any atom is -0.377 e. The summed E-state index contributed by atoms with van der Waals surface area (Å²) in [6.07, 6.45) is 4.02. The second-order valence-electron chi connectivity index (χ2n) is 4.05. The number of carbonyl (C=O) groups is 1.